The maximum atomic E-state index is 10.7. The lowest BCUT2D eigenvalue weighted by molar-refractivity contribution is -0.159. The van der Waals surface area contributed by atoms with Crippen LogP contribution in [0.1, 0.15) is 13.3 Å². The Morgan fingerprint density at radius 3 is 2.60 bits per heavy atom. The molecule has 4 heteroatoms. The van der Waals surface area contributed by atoms with E-state index in [9.17, 15) is 4.79 Å². The summed E-state index contributed by atoms with van der Waals surface area (Å²) in [4.78, 5) is 10.7. The molecule has 0 aliphatic carbocycles. The number of halogens is 1. The average molecular weight is 164 g/mol. The van der Waals surface area contributed by atoms with Crippen LogP contribution in [0.2, 0.25) is 0 Å². The van der Waals surface area contributed by atoms with Crippen molar-refractivity contribution < 1.29 is 10.0 Å². The van der Waals surface area contributed by atoms with E-state index < -0.39 is 5.91 Å². The molecule has 0 aliphatic heterocycles. The van der Waals surface area contributed by atoms with E-state index in [1.807, 2.05) is 6.92 Å². The van der Waals surface area contributed by atoms with Gasteiger partial charge in [-0.1, -0.05) is 25.1 Å². The summed E-state index contributed by atoms with van der Waals surface area (Å²) in [6.07, 6.45) is 0.687. The molecule has 0 radical (unpaired) electrons. The Bertz CT molecular complexity index is 147. The average Bonchev–Trinajstić information content (AvgIpc) is 1.87. The minimum Gasteiger partial charge on any atom is -0.286 e. The fraction of sp³-hybridized carbons (Fsp3) is 0.500. The van der Waals surface area contributed by atoms with Gasteiger partial charge in [-0.2, -0.15) is 0 Å². The summed E-state index contributed by atoms with van der Waals surface area (Å²) < 4.78 is 0. The van der Waals surface area contributed by atoms with Crippen molar-refractivity contribution in [2.45, 2.75) is 13.3 Å². The number of carbonyl (C=O) groups excluding carboxylic acids is 1. The van der Waals surface area contributed by atoms with Crippen molar-refractivity contribution >= 4 is 17.5 Å². The third-order valence-electron chi connectivity index (χ3n) is 0.902. The fourth-order valence-corrected chi connectivity index (χ4v) is 0.551. The van der Waals surface area contributed by atoms with Gasteiger partial charge in [-0.3, -0.25) is 10.0 Å². The number of rotatable bonds is 3. The van der Waals surface area contributed by atoms with Crippen LogP contribution in [-0.2, 0) is 4.79 Å². The number of hydroxylamine groups is 2. The first-order chi connectivity index (χ1) is 4.59. The summed E-state index contributed by atoms with van der Waals surface area (Å²) in [6, 6.07) is 0. The quantitative estimate of drug-likeness (QED) is 0.388. The van der Waals surface area contributed by atoms with Crippen LogP contribution in [0, 0.1) is 0 Å². The van der Waals surface area contributed by atoms with Gasteiger partial charge in [0.25, 0.3) is 5.91 Å². The third-order valence-corrected chi connectivity index (χ3v) is 1.06. The van der Waals surface area contributed by atoms with Gasteiger partial charge in [-0.05, 0) is 6.42 Å². The van der Waals surface area contributed by atoms with E-state index in [2.05, 4.69) is 6.58 Å². The molecule has 3 nitrogen and oxygen atoms in total. The molecule has 0 atom stereocenters. The van der Waals surface area contributed by atoms with Crippen molar-refractivity contribution in [3.05, 3.63) is 11.6 Å². The fourth-order valence-electron chi connectivity index (χ4n) is 0.453. The number of nitrogens with zero attached hydrogens (tertiary/aromatic N) is 1. The van der Waals surface area contributed by atoms with E-state index in [0.29, 0.717) is 11.5 Å². The highest BCUT2D eigenvalue weighted by molar-refractivity contribution is 6.41. The van der Waals surface area contributed by atoms with E-state index in [1.54, 1.807) is 0 Å². The van der Waals surface area contributed by atoms with E-state index >= 15 is 0 Å². The van der Waals surface area contributed by atoms with E-state index in [-0.39, 0.29) is 11.6 Å². The highest BCUT2D eigenvalue weighted by Crippen LogP contribution is 2.01. The monoisotopic (exact) mass is 163 g/mol. The van der Waals surface area contributed by atoms with Crippen LogP contribution in [0.3, 0.4) is 0 Å². The van der Waals surface area contributed by atoms with Crippen molar-refractivity contribution in [1.82, 2.24) is 5.06 Å². The van der Waals surface area contributed by atoms with E-state index in [1.165, 1.54) is 0 Å². The molecule has 0 aromatic carbocycles. The number of hydrogen-bond donors (Lipinski definition) is 1. The molecular formula is C6H10ClNO2. The van der Waals surface area contributed by atoms with Crippen molar-refractivity contribution in [3.8, 4) is 0 Å². The molecule has 0 spiro atoms. The minimum atomic E-state index is -0.636. The van der Waals surface area contributed by atoms with E-state index in [4.69, 9.17) is 16.8 Å². The molecule has 0 fully saturated rings. The van der Waals surface area contributed by atoms with Gasteiger partial charge < -0.3 is 0 Å². The van der Waals surface area contributed by atoms with Gasteiger partial charge in [0.2, 0.25) is 0 Å². The van der Waals surface area contributed by atoms with Gasteiger partial charge in [-0.25, -0.2) is 5.06 Å². The van der Waals surface area contributed by atoms with Crippen molar-refractivity contribution in [1.29, 1.82) is 0 Å². The van der Waals surface area contributed by atoms with Crippen molar-refractivity contribution in [2.75, 3.05) is 6.54 Å². The summed E-state index contributed by atoms with van der Waals surface area (Å²) in [6.45, 7) is 5.30. The molecule has 58 valence electrons. The number of amides is 1. The SMILES string of the molecule is C=C(Cl)C(=O)N(O)CCC. The second kappa shape index (κ2) is 4.30. The first kappa shape index (κ1) is 9.46. The Labute approximate surface area is 64.8 Å². The molecule has 0 unspecified atom stereocenters. The molecule has 0 heterocycles. The minimum absolute atomic E-state index is 0.170. The maximum Gasteiger partial charge on any atom is 0.288 e. The molecule has 0 rings (SSSR count). The predicted octanol–water partition coefficient (Wildman–Crippen LogP) is 1.37. The zero-order valence-electron chi connectivity index (χ0n) is 5.80. The third kappa shape index (κ3) is 2.85. The zero-order chi connectivity index (χ0) is 8.15. The van der Waals surface area contributed by atoms with Crippen molar-refractivity contribution in [2.24, 2.45) is 0 Å². The van der Waals surface area contributed by atoms with Crippen LogP contribution in [0.4, 0.5) is 0 Å². The summed E-state index contributed by atoms with van der Waals surface area (Å²) in [7, 11) is 0. The smallest absolute Gasteiger partial charge is 0.286 e. The van der Waals surface area contributed by atoms with Crippen LogP contribution in [0.25, 0.3) is 0 Å². The zero-order valence-corrected chi connectivity index (χ0v) is 6.56. The van der Waals surface area contributed by atoms with Gasteiger partial charge in [0.1, 0.15) is 5.03 Å². The molecular weight excluding hydrogens is 154 g/mol. The summed E-state index contributed by atoms with van der Waals surface area (Å²) in [5.74, 6) is -0.636. The van der Waals surface area contributed by atoms with Crippen LogP contribution in [0.15, 0.2) is 11.6 Å². The lowest BCUT2D eigenvalue weighted by atomic mass is 10.4. The van der Waals surface area contributed by atoms with Crippen molar-refractivity contribution in [3.63, 3.8) is 0 Å². The van der Waals surface area contributed by atoms with Gasteiger partial charge in [-0.15, -0.1) is 0 Å². The van der Waals surface area contributed by atoms with Gasteiger partial charge in [0, 0.05) is 6.54 Å². The van der Waals surface area contributed by atoms with Crippen LogP contribution in [-0.4, -0.2) is 22.7 Å². The lowest BCUT2D eigenvalue weighted by Crippen LogP contribution is -2.27. The molecule has 1 amide bonds. The highest BCUT2D eigenvalue weighted by atomic mass is 35.5. The normalized spacial score (nSPS) is 9.10. The first-order valence-corrected chi connectivity index (χ1v) is 3.32. The Hall–Kier alpha value is -0.540. The maximum absolute atomic E-state index is 10.7. The van der Waals surface area contributed by atoms with Gasteiger partial charge >= 0.3 is 0 Å². The Morgan fingerprint density at radius 1 is 1.80 bits per heavy atom. The molecule has 0 saturated carbocycles. The highest BCUT2D eigenvalue weighted by Gasteiger charge is 2.10. The second-order valence-electron chi connectivity index (χ2n) is 1.83. The topological polar surface area (TPSA) is 40.5 Å². The Morgan fingerprint density at radius 2 is 2.30 bits per heavy atom. The first-order valence-electron chi connectivity index (χ1n) is 2.94. The second-order valence-corrected chi connectivity index (χ2v) is 2.29. The molecule has 0 aliphatic rings. The summed E-state index contributed by atoms with van der Waals surface area (Å²) in [5.41, 5.74) is 0. The Balaban J connectivity index is 3.82. The lowest BCUT2D eigenvalue weighted by Gasteiger charge is -2.11. The largest absolute Gasteiger partial charge is 0.288 e. The summed E-state index contributed by atoms with van der Waals surface area (Å²) in [5, 5.41) is 9.21. The van der Waals surface area contributed by atoms with Crippen LogP contribution in [0.5, 0.6) is 0 Å². The Kier molecular flexibility index (Phi) is 4.07. The van der Waals surface area contributed by atoms with Gasteiger partial charge in [0.05, 0.1) is 0 Å². The standard InChI is InChI=1S/C6H10ClNO2/c1-3-4-8(10)6(9)5(2)7/h10H,2-4H2,1H3. The van der Waals surface area contributed by atoms with Gasteiger partial charge in [0.15, 0.2) is 0 Å². The number of carbonyl (C=O) groups is 1. The molecule has 0 aromatic rings. The molecule has 10 heavy (non-hydrogen) atoms. The molecule has 1 N–H and O–H groups in total. The predicted molar refractivity (Wildman–Crippen MR) is 38.8 cm³/mol. The summed E-state index contributed by atoms with van der Waals surface area (Å²) >= 11 is 5.21. The van der Waals surface area contributed by atoms with Crippen LogP contribution >= 0.6 is 11.6 Å². The van der Waals surface area contributed by atoms with Crippen LogP contribution < -0.4 is 0 Å². The molecule has 0 bridgehead atoms. The number of hydrogen-bond acceptors (Lipinski definition) is 2. The molecule has 0 aromatic heterocycles. The van der Waals surface area contributed by atoms with E-state index in [0.717, 1.165) is 0 Å². The molecule has 0 saturated heterocycles.